The maximum Gasteiger partial charge on any atom is 0.133 e. The van der Waals surface area contributed by atoms with Crippen molar-refractivity contribution in [3.8, 4) is 0 Å². The van der Waals surface area contributed by atoms with Gasteiger partial charge in [-0.3, -0.25) is 0 Å². The molecule has 0 aliphatic heterocycles. The smallest absolute Gasteiger partial charge is 0.133 e. The lowest BCUT2D eigenvalue weighted by molar-refractivity contribution is 0.653. The number of hydrogen-bond donors (Lipinski definition) is 0. The molecule has 1 aromatic heterocycles. The Morgan fingerprint density at radius 2 is 2.06 bits per heavy atom. The molecule has 0 aromatic carbocycles. The average Bonchev–Trinajstić information content (AvgIpc) is 2.26. The summed E-state index contributed by atoms with van der Waals surface area (Å²) in [5, 5.41) is 0. The van der Waals surface area contributed by atoms with E-state index in [1.165, 1.54) is 5.56 Å². The molecule has 90 valence electrons. The van der Waals surface area contributed by atoms with Crippen molar-refractivity contribution in [3.63, 3.8) is 0 Å². The number of aryl methyl sites for hydroxylation is 2. The molecule has 3 heteroatoms. The summed E-state index contributed by atoms with van der Waals surface area (Å²) in [5.74, 6) is 1.55. The Morgan fingerprint density at radius 1 is 1.44 bits per heavy atom. The van der Waals surface area contributed by atoms with E-state index in [2.05, 4.69) is 43.8 Å². The lowest BCUT2D eigenvalue weighted by atomic mass is 10.1. The van der Waals surface area contributed by atoms with Crippen LogP contribution in [0.4, 0.5) is 5.82 Å². The predicted octanol–water partition coefficient (Wildman–Crippen LogP) is 3.67. The number of nitrogens with zero attached hydrogens (tertiary/aromatic N) is 2. The van der Waals surface area contributed by atoms with Crippen molar-refractivity contribution in [2.75, 3.05) is 11.9 Å². The third-order valence-electron chi connectivity index (χ3n) is 3.17. The van der Waals surface area contributed by atoms with Crippen molar-refractivity contribution >= 4 is 17.4 Å². The fraction of sp³-hybridized carbons (Fsp3) is 0.615. The van der Waals surface area contributed by atoms with Gasteiger partial charge >= 0.3 is 0 Å². The fourth-order valence-corrected chi connectivity index (χ4v) is 2.11. The molecule has 0 radical (unpaired) electrons. The number of anilines is 1. The third-order valence-corrected chi connectivity index (χ3v) is 3.44. The van der Waals surface area contributed by atoms with Gasteiger partial charge in [-0.2, -0.15) is 0 Å². The lowest BCUT2D eigenvalue weighted by Gasteiger charge is -2.27. The van der Waals surface area contributed by atoms with Crippen LogP contribution in [0.25, 0.3) is 0 Å². The maximum atomic E-state index is 6.01. The fourth-order valence-electron chi connectivity index (χ4n) is 1.78. The van der Waals surface area contributed by atoms with Crippen LogP contribution in [0.1, 0.15) is 37.1 Å². The molecule has 0 bridgehead atoms. The molecule has 1 atom stereocenters. The van der Waals surface area contributed by atoms with E-state index >= 15 is 0 Å². The van der Waals surface area contributed by atoms with Gasteiger partial charge in [0.2, 0.25) is 0 Å². The summed E-state index contributed by atoms with van der Waals surface area (Å²) in [6.07, 6.45) is 1.10. The number of alkyl halides is 1. The first-order chi connectivity index (χ1) is 7.51. The molecule has 1 heterocycles. The summed E-state index contributed by atoms with van der Waals surface area (Å²) in [4.78, 5) is 6.84. The molecular weight excluding hydrogens is 220 g/mol. The van der Waals surface area contributed by atoms with Gasteiger partial charge in [-0.05, 0) is 38.8 Å². The Labute approximate surface area is 104 Å². The Hall–Kier alpha value is -0.760. The quantitative estimate of drug-likeness (QED) is 0.747. The molecule has 0 amide bonds. The largest absolute Gasteiger partial charge is 0.357 e. The standard InChI is InChI=1S/C13H21ClN2/c1-6-11(4)16(5)13-12(8-14)9(2)7-10(3)15-13/h7,11H,6,8H2,1-5H3. The van der Waals surface area contributed by atoms with Gasteiger partial charge in [0.05, 0.1) is 5.88 Å². The van der Waals surface area contributed by atoms with Crippen LogP contribution >= 0.6 is 11.6 Å². The number of hydrogen-bond acceptors (Lipinski definition) is 2. The van der Waals surface area contributed by atoms with Gasteiger partial charge in [0.25, 0.3) is 0 Å². The number of halogens is 1. The Bertz CT molecular complexity index is 363. The minimum Gasteiger partial charge on any atom is -0.357 e. The first-order valence-corrected chi connectivity index (χ1v) is 6.30. The van der Waals surface area contributed by atoms with E-state index in [9.17, 15) is 0 Å². The highest BCUT2D eigenvalue weighted by atomic mass is 35.5. The first kappa shape index (κ1) is 13.3. The molecule has 0 spiro atoms. The van der Waals surface area contributed by atoms with E-state index in [1.54, 1.807) is 0 Å². The Kier molecular flexibility index (Phi) is 4.60. The molecule has 1 unspecified atom stereocenters. The molecule has 16 heavy (non-hydrogen) atoms. The Balaban J connectivity index is 3.20. The van der Waals surface area contributed by atoms with Crippen molar-refractivity contribution < 1.29 is 0 Å². The number of aromatic nitrogens is 1. The van der Waals surface area contributed by atoms with Crippen LogP contribution in [0.2, 0.25) is 0 Å². The molecular formula is C13H21ClN2. The lowest BCUT2D eigenvalue weighted by Crippen LogP contribution is -2.30. The Morgan fingerprint density at radius 3 is 2.56 bits per heavy atom. The molecule has 0 N–H and O–H groups in total. The summed E-state index contributed by atoms with van der Waals surface area (Å²) in [5.41, 5.74) is 3.43. The van der Waals surface area contributed by atoms with Crippen molar-refractivity contribution in [3.05, 3.63) is 22.9 Å². The molecule has 1 aromatic rings. The monoisotopic (exact) mass is 240 g/mol. The molecule has 0 saturated heterocycles. The highest BCUT2D eigenvalue weighted by molar-refractivity contribution is 6.17. The normalized spacial score (nSPS) is 12.6. The highest BCUT2D eigenvalue weighted by Gasteiger charge is 2.15. The zero-order valence-electron chi connectivity index (χ0n) is 10.8. The highest BCUT2D eigenvalue weighted by Crippen LogP contribution is 2.25. The van der Waals surface area contributed by atoms with E-state index < -0.39 is 0 Å². The van der Waals surface area contributed by atoms with Gasteiger partial charge in [0.15, 0.2) is 0 Å². The molecule has 0 fully saturated rings. The van der Waals surface area contributed by atoms with Crippen molar-refractivity contribution in [2.24, 2.45) is 0 Å². The maximum absolute atomic E-state index is 6.01. The zero-order chi connectivity index (χ0) is 12.3. The second-order valence-corrected chi connectivity index (χ2v) is 4.65. The molecule has 1 rings (SSSR count). The van der Waals surface area contributed by atoms with E-state index in [1.807, 2.05) is 6.92 Å². The van der Waals surface area contributed by atoms with Gasteiger partial charge in [0.1, 0.15) is 5.82 Å². The van der Waals surface area contributed by atoms with Crippen molar-refractivity contribution in [2.45, 2.75) is 46.0 Å². The summed E-state index contributed by atoms with van der Waals surface area (Å²) >= 11 is 6.01. The molecule has 2 nitrogen and oxygen atoms in total. The van der Waals surface area contributed by atoms with Crippen LogP contribution < -0.4 is 4.90 Å². The number of rotatable bonds is 4. The van der Waals surface area contributed by atoms with Crippen LogP contribution in [0.5, 0.6) is 0 Å². The van der Waals surface area contributed by atoms with E-state index in [-0.39, 0.29) is 0 Å². The van der Waals surface area contributed by atoms with Crippen LogP contribution in [-0.2, 0) is 5.88 Å². The molecule has 0 saturated carbocycles. The van der Waals surface area contributed by atoms with E-state index in [4.69, 9.17) is 11.6 Å². The van der Waals surface area contributed by atoms with Crippen LogP contribution in [0.3, 0.4) is 0 Å². The summed E-state index contributed by atoms with van der Waals surface area (Å²) in [6.45, 7) is 8.51. The van der Waals surface area contributed by atoms with Crippen LogP contribution in [0, 0.1) is 13.8 Å². The first-order valence-electron chi connectivity index (χ1n) is 5.77. The molecule has 0 aliphatic carbocycles. The van der Waals surface area contributed by atoms with E-state index in [0.29, 0.717) is 11.9 Å². The van der Waals surface area contributed by atoms with Gasteiger partial charge in [-0.1, -0.05) is 6.92 Å². The van der Waals surface area contributed by atoms with Gasteiger partial charge in [-0.25, -0.2) is 4.98 Å². The SMILES string of the molecule is CCC(C)N(C)c1nc(C)cc(C)c1CCl. The third kappa shape index (κ3) is 2.67. The summed E-state index contributed by atoms with van der Waals surface area (Å²) in [6, 6.07) is 2.57. The summed E-state index contributed by atoms with van der Waals surface area (Å²) < 4.78 is 0. The summed E-state index contributed by atoms with van der Waals surface area (Å²) in [7, 11) is 2.09. The number of pyridine rings is 1. The topological polar surface area (TPSA) is 16.1 Å². The van der Waals surface area contributed by atoms with Gasteiger partial charge in [-0.15, -0.1) is 11.6 Å². The van der Waals surface area contributed by atoms with Gasteiger partial charge < -0.3 is 4.90 Å². The minimum absolute atomic E-state index is 0.482. The van der Waals surface area contributed by atoms with E-state index in [0.717, 1.165) is 23.5 Å². The predicted molar refractivity (Wildman–Crippen MR) is 71.4 cm³/mol. The van der Waals surface area contributed by atoms with Crippen LogP contribution in [-0.4, -0.2) is 18.1 Å². The van der Waals surface area contributed by atoms with Gasteiger partial charge in [0, 0.05) is 24.3 Å². The minimum atomic E-state index is 0.482. The second kappa shape index (κ2) is 5.53. The van der Waals surface area contributed by atoms with Crippen molar-refractivity contribution in [1.82, 2.24) is 4.98 Å². The zero-order valence-corrected chi connectivity index (χ0v) is 11.6. The molecule has 0 aliphatic rings. The average molecular weight is 241 g/mol. The second-order valence-electron chi connectivity index (χ2n) is 4.38. The van der Waals surface area contributed by atoms with Crippen molar-refractivity contribution in [1.29, 1.82) is 0 Å². The van der Waals surface area contributed by atoms with Crippen LogP contribution in [0.15, 0.2) is 6.07 Å².